The number of nitrogens with zero attached hydrogens (tertiary/aromatic N) is 1. The lowest BCUT2D eigenvalue weighted by atomic mass is 10.1. The molecule has 1 aliphatic rings. The zero-order valence-electron chi connectivity index (χ0n) is 9.62. The quantitative estimate of drug-likeness (QED) is 0.803. The molecular weight excluding hydrogens is 204 g/mol. The molecule has 1 saturated carbocycles. The van der Waals surface area contributed by atoms with Gasteiger partial charge >= 0.3 is 0 Å². The largest absolute Gasteiger partial charge is 0.314 e. The highest BCUT2D eigenvalue weighted by atomic mass is 32.1. The Hall–Kier alpha value is -0.410. The van der Waals surface area contributed by atoms with Crippen molar-refractivity contribution in [3.8, 4) is 0 Å². The van der Waals surface area contributed by atoms with E-state index in [2.05, 4.69) is 24.1 Å². The van der Waals surface area contributed by atoms with E-state index >= 15 is 0 Å². The molecule has 0 saturated heterocycles. The summed E-state index contributed by atoms with van der Waals surface area (Å²) in [5.74, 6) is 1.02. The normalized spacial score (nSPS) is 18.0. The number of aryl methyl sites for hydroxylation is 1. The first-order valence-corrected chi connectivity index (χ1v) is 6.70. The fourth-order valence-corrected chi connectivity index (χ4v) is 2.67. The molecule has 2 rings (SSSR count). The highest BCUT2D eigenvalue weighted by molar-refractivity contribution is 7.11. The monoisotopic (exact) mass is 224 g/mol. The van der Waals surface area contributed by atoms with Crippen LogP contribution in [0.5, 0.6) is 0 Å². The van der Waals surface area contributed by atoms with Gasteiger partial charge in [-0.25, -0.2) is 4.98 Å². The van der Waals surface area contributed by atoms with Crippen LogP contribution in [-0.4, -0.2) is 17.6 Å². The van der Waals surface area contributed by atoms with Crippen molar-refractivity contribution in [3.05, 3.63) is 16.1 Å². The Labute approximate surface area is 96.1 Å². The van der Waals surface area contributed by atoms with E-state index in [1.807, 2.05) is 17.5 Å². The molecule has 1 aliphatic carbocycles. The van der Waals surface area contributed by atoms with Crippen LogP contribution in [0.15, 0.2) is 6.20 Å². The van der Waals surface area contributed by atoms with Gasteiger partial charge in [-0.1, -0.05) is 12.8 Å². The van der Waals surface area contributed by atoms with E-state index in [1.54, 1.807) is 0 Å². The highest BCUT2D eigenvalue weighted by Gasteiger charge is 2.23. The molecule has 0 spiro atoms. The summed E-state index contributed by atoms with van der Waals surface area (Å²) >= 11 is 1.81. The maximum absolute atomic E-state index is 4.36. The van der Waals surface area contributed by atoms with Crippen molar-refractivity contribution in [1.82, 2.24) is 10.3 Å². The highest BCUT2D eigenvalue weighted by Crippen LogP contribution is 2.33. The minimum Gasteiger partial charge on any atom is -0.314 e. The van der Waals surface area contributed by atoms with Crippen molar-refractivity contribution in [2.75, 3.05) is 6.54 Å². The summed E-state index contributed by atoms with van der Waals surface area (Å²) in [5.41, 5.74) is 0. The third-order valence-electron chi connectivity index (χ3n) is 2.88. The van der Waals surface area contributed by atoms with Crippen LogP contribution in [0.2, 0.25) is 0 Å². The van der Waals surface area contributed by atoms with Crippen LogP contribution in [0.4, 0.5) is 0 Å². The average Bonchev–Trinajstić information content (AvgIpc) is 2.89. The lowest BCUT2D eigenvalue weighted by Gasteiger charge is -2.12. The zero-order chi connectivity index (χ0) is 10.7. The maximum Gasteiger partial charge on any atom is 0.0940 e. The molecule has 2 nitrogen and oxygen atoms in total. The predicted molar refractivity (Wildman–Crippen MR) is 65.4 cm³/mol. The van der Waals surface area contributed by atoms with Gasteiger partial charge in [0.25, 0.3) is 0 Å². The van der Waals surface area contributed by atoms with Gasteiger partial charge < -0.3 is 5.32 Å². The number of hydrogen-bond donors (Lipinski definition) is 1. The summed E-state index contributed by atoms with van der Waals surface area (Å²) < 4.78 is 0. The summed E-state index contributed by atoms with van der Waals surface area (Å²) in [5, 5.41) is 4.84. The van der Waals surface area contributed by atoms with E-state index in [0.29, 0.717) is 6.04 Å². The molecule has 1 aromatic heterocycles. The molecule has 0 bridgehead atoms. The van der Waals surface area contributed by atoms with Gasteiger partial charge in [-0.2, -0.15) is 0 Å². The minimum atomic E-state index is 0.679. The van der Waals surface area contributed by atoms with E-state index < -0.39 is 0 Å². The van der Waals surface area contributed by atoms with Crippen molar-refractivity contribution < 1.29 is 0 Å². The predicted octanol–water partition coefficient (Wildman–Crippen LogP) is 2.77. The van der Waals surface area contributed by atoms with Gasteiger partial charge in [-0.05, 0) is 26.2 Å². The second kappa shape index (κ2) is 5.08. The van der Waals surface area contributed by atoms with E-state index in [-0.39, 0.29) is 0 Å². The lowest BCUT2D eigenvalue weighted by Crippen LogP contribution is -2.28. The number of thiazole rings is 1. The van der Waals surface area contributed by atoms with Gasteiger partial charge in [0.05, 0.1) is 5.01 Å². The van der Waals surface area contributed by atoms with Crippen molar-refractivity contribution in [2.45, 2.75) is 45.6 Å². The third-order valence-corrected chi connectivity index (χ3v) is 3.86. The maximum atomic E-state index is 4.36. The molecule has 1 fully saturated rings. The van der Waals surface area contributed by atoms with Crippen molar-refractivity contribution in [3.63, 3.8) is 0 Å². The van der Waals surface area contributed by atoms with Crippen LogP contribution in [-0.2, 0) is 6.42 Å². The summed E-state index contributed by atoms with van der Waals surface area (Å²) in [6.45, 7) is 5.48. The van der Waals surface area contributed by atoms with Gasteiger partial charge in [-0.15, -0.1) is 11.3 Å². The first-order valence-electron chi connectivity index (χ1n) is 5.88. The van der Waals surface area contributed by atoms with Gasteiger partial charge in [-0.3, -0.25) is 0 Å². The second-order valence-electron chi connectivity index (χ2n) is 4.65. The van der Waals surface area contributed by atoms with Gasteiger partial charge in [0, 0.05) is 30.1 Å². The molecular formula is C12H20N2S. The van der Waals surface area contributed by atoms with Crippen LogP contribution in [0.25, 0.3) is 0 Å². The van der Waals surface area contributed by atoms with E-state index in [4.69, 9.17) is 0 Å². The molecule has 1 heterocycles. The summed E-state index contributed by atoms with van der Waals surface area (Å²) in [7, 11) is 0. The molecule has 0 radical (unpaired) electrons. The zero-order valence-corrected chi connectivity index (χ0v) is 10.4. The Morgan fingerprint density at radius 3 is 3.00 bits per heavy atom. The summed E-state index contributed by atoms with van der Waals surface area (Å²) in [6, 6.07) is 0.679. The van der Waals surface area contributed by atoms with Gasteiger partial charge in [0.15, 0.2) is 0 Å². The lowest BCUT2D eigenvalue weighted by molar-refractivity contribution is 0.491. The van der Waals surface area contributed by atoms with Gasteiger partial charge in [0.1, 0.15) is 0 Å². The molecule has 1 atom stereocenters. The molecule has 0 amide bonds. The topological polar surface area (TPSA) is 24.9 Å². The second-order valence-corrected chi connectivity index (χ2v) is 5.97. The Kier molecular flexibility index (Phi) is 3.76. The Balaban J connectivity index is 1.61. The number of hydrogen-bond acceptors (Lipinski definition) is 3. The SMILES string of the molecule is Cc1cnc(CCNC(C)CC2CC2)s1. The van der Waals surface area contributed by atoms with Crippen molar-refractivity contribution >= 4 is 11.3 Å². The third kappa shape index (κ3) is 3.92. The molecule has 15 heavy (non-hydrogen) atoms. The van der Waals surface area contributed by atoms with E-state index in [0.717, 1.165) is 18.9 Å². The van der Waals surface area contributed by atoms with E-state index in [1.165, 1.54) is 29.1 Å². The van der Waals surface area contributed by atoms with E-state index in [9.17, 15) is 0 Å². The molecule has 3 heteroatoms. The summed E-state index contributed by atoms with van der Waals surface area (Å²) in [6.07, 6.45) is 7.31. The average molecular weight is 224 g/mol. The van der Waals surface area contributed by atoms with Gasteiger partial charge in [0.2, 0.25) is 0 Å². The first kappa shape index (κ1) is 11.1. The number of aromatic nitrogens is 1. The standard InChI is InChI=1S/C12H20N2S/c1-9(7-11-3-4-11)13-6-5-12-14-8-10(2)15-12/h8-9,11,13H,3-7H2,1-2H3. The van der Waals surface area contributed by atoms with Crippen LogP contribution >= 0.6 is 11.3 Å². The molecule has 0 aliphatic heterocycles. The fourth-order valence-electron chi connectivity index (χ4n) is 1.88. The first-order chi connectivity index (χ1) is 7.24. The van der Waals surface area contributed by atoms with Crippen LogP contribution < -0.4 is 5.32 Å². The number of rotatable bonds is 6. The molecule has 1 aromatic rings. The molecule has 0 aromatic carbocycles. The van der Waals surface area contributed by atoms with Crippen LogP contribution in [0.1, 0.15) is 36.1 Å². The Bertz CT molecular complexity index is 304. The van der Waals surface area contributed by atoms with Crippen LogP contribution in [0, 0.1) is 12.8 Å². The molecule has 1 unspecified atom stereocenters. The fraction of sp³-hybridized carbons (Fsp3) is 0.750. The Morgan fingerprint density at radius 1 is 1.60 bits per heavy atom. The van der Waals surface area contributed by atoms with Crippen LogP contribution in [0.3, 0.4) is 0 Å². The molecule has 1 N–H and O–H groups in total. The Morgan fingerprint density at radius 2 is 2.40 bits per heavy atom. The van der Waals surface area contributed by atoms with Crippen molar-refractivity contribution in [2.24, 2.45) is 5.92 Å². The molecule has 84 valence electrons. The van der Waals surface area contributed by atoms with Crippen molar-refractivity contribution in [1.29, 1.82) is 0 Å². The minimum absolute atomic E-state index is 0.679. The smallest absolute Gasteiger partial charge is 0.0940 e. The summed E-state index contributed by atoms with van der Waals surface area (Å²) in [4.78, 5) is 5.68. The number of nitrogens with one attached hydrogen (secondary N) is 1.